The van der Waals surface area contributed by atoms with Crippen LogP contribution < -0.4 is 10.1 Å². The second kappa shape index (κ2) is 5.65. The number of methoxy groups -OCH3 is 1. The van der Waals surface area contributed by atoms with Crippen molar-refractivity contribution < 1.29 is 9.53 Å². The molecule has 2 aromatic carbocycles. The third-order valence-electron chi connectivity index (χ3n) is 4.12. The van der Waals surface area contributed by atoms with E-state index in [2.05, 4.69) is 17.4 Å². The standard InChI is InChI=1S/C18H18ClNO2/c1-10-6-11(2)17-14(7-10)15(18(21)20-17)9-12-8-13(19)4-5-16(12)22-3/h4-8,15H,9H2,1-3H3,(H,20,21)/t15-/m0/s1. The molecule has 0 unspecified atom stereocenters. The van der Waals surface area contributed by atoms with Crippen molar-refractivity contribution in [3.05, 3.63) is 57.6 Å². The van der Waals surface area contributed by atoms with Gasteiger partial charge in [0.2, 0.25) is 5.91 Å². The largest absolute Gasteiger partial charge is 0.496 e. The molecule has 0 spiro atoms. The Morgan fingerprint density at radius 1 is 1.23 bits per heavy atom. The first-order valence-corrected chi connectivity index (χ1v) is 7.62. The number of nitrogens with one attached hydrogen (secondary N) is 1. The Morgan fingerprint density at radius 3 is 2.73 bits per heavy atom. The average molecular weight is 316 g/mol. The highest BCUT2D eigenvalue weighted by Crippen LogP contribution is 2.39. The predicted molar refractivity (Wildman–Crippen MR) is 89.0 cm³/mol. The van der Waals surface area contributed by atoms with E-state index < -0.39 is 0 Å². The molecule has 22 heavy (non-hydrogen) atoms. The van der Waals surface area contributed by atoms with Crippen molar-refractivity contribution in [1.29, 1.82) is 0 Å². The molecule has 0 aliphatic carbocycles. The van der Waals surface area contributed by atoms with Gasteiger partial charge in [0.15, 0.2) is 0 Å². The third kappa shape index (κ3) is 2.57. The minimum atomic E-state index is -0.207. The first-order chi connectivity index (χ1) is 10.5. The van der Waals surface area contributed by atoms with E-state index in [0.717, 1.165) is 33.7 Å². The Morgan fingerprint density at radius 2 is 2.00 bits per heavy atom. The quantitative estimate of drug-likeness (QED) is 0.919. The van der Waals surface area contributed by atoms with Crippen LogP contribution in [-0.2, 0) is 11.2 Å². The molecule has 1 aliphatic heterocycles. The van der Waals surface area contributed by atoms with Crippen LogP contribution in [0.3, 0.4) is 0 Å². The summed E-state index contributed by atoms with van der Waals surface area (Å²) < 4.78 is 5.39. The molecule has 0 bridgehead atoms. The Balaban J connectivity index is 2.01. The van der Waals surface area contributed by atoms with Gasteiger partial charge in [-0.2, -0.15) is 0 Å². The van der Waals surface area contributed by atoms with Gasteiger partial charge in [0.05, 0.1) is 13.0 Å². The number of halogens is 1. The number of carbonyl (C=O) groups excluding carboxylic acids is 1. The van der Waals surface area contributed by atoms with Crippen LogP contribution in [0.2, 0.25) is 5.02 Å². The van der Waals surface area contributed by atoms with Crippen molar-refractivity contribution in [3.63, 3.8) is 0 Å². The van der Waals surface area contributed by atoms with Crippen LogP contribution in [0.25, 0.3) is 0 Å². The van der Waals surface area contributed by atoms with Gasteiger partial charge in [0.1, 0.15) is 5.75 Å². The maximum Gasteiger partial charge on any atom is 0.232 e. The number of ether oxygens (including phenoxy) is 1. The molecule has 2 aromatic rings. The molecule has 0 aromatic heterocycles. The summed E-state index contributed by atoms with van der Waals surface area (Å²) in [6, 6.07) is 9.67. The monoisotopic (exact) mass is 315 g/mol. The summed E-state index contributed by atoms with van der Waals surface area (Å²) >= 11 is 6.09. The van der Waals surface area contributed by atoms with E-state index >= 15 is 0 Å². The van der Waals surface area contributed by atoms with E-state index in [1.54, 1.807) is 13.2 Å². The van der Waals surface area contributed by atoms with E-state index in [1.807, 2.05) is 26.0 Å². The molecule has 4 heteroatoms. The van der Waals surface area contributed by atoms with Crippen LogP contribution in [0.1, 0.15) is 28.2 Å². The molecular weight excluding hydrogens is 298 g/mol. The van der Waals surface area contributed by atoms with Crippen LogP contribution in [-0.4, -0.2) is 13.0 Å². The molecule has 1 heterocycles. The van der Waals surface area contributed by atoms with Gasteiger partial charge >= 0.3 is 0 Å². The van der Waals surface area contributed by atoms with Gasteiger partial charge in [-0.25, -0.2) is 0 Å². The highest BCUT2D eigenvalue weighted by atomic mass is 35.5. The lowest BCUT2D eigenvalue weighted by atomic mass is 9.91. The number of carbonyl (C=O) groups is 1. The first-order valence-electron chi connectivity index (χ1n) is 7.24. The summed E-state index contributed by atoms with van der Waals surface area (Å²) in [5.41, 5.74) is 5.22. The van der Waals surface area contributed by atoms with E-state index in [0.29, 0.717) is 11.4 Å². The molecule has 114 valence electrons. The second-order valence-corrected chi connectivity index (χ2v) is 6.18. The summed E-state index contributed by atoms with van der Waals surface area (Å²) in [5.74, 6) is 0.585. The van der Waals surface area contributed by atoms with Crippen LogP contribution >= 0.6 is 11.6 Å². The number of hydrogen-bond donors (Lipinski definition) is 1. The van der Waals surface area contributed by atoms with Gasteiger partial charge in [-0.3, -0.25) is 4.79 Å². The lowest BCUT2D eigenvalue weighted by molar-refractivity contribution is -0.117. The number of benzene rings is 2. The van der Waals surface area contributed by atoms with Crippen molar-refractivity contribution in [2.24, 2.45) is 0 Å². The summed E-state index contributed by atoms with van der Waals surface area (Å²) in [6.45, 7) is 4.07. The highest BCUT2D eigenvalue weighted by Gasteiger charge is 2.32. The van der Waals surface area contributed by atoms with Gasteiger partial charge in [0, 0.05) is 10.7 Å². The van der Waals surface area contributed by atoms with Crippen LogP contribution in [0.4, 0.5) is 5.69 Å². The topological polar surface area (TPSA) is 38.3 Å². The van der Waals surface area contributed by atoms with Crippen LogP contribution in [0, 0.1) is 13.8 Å². The van der Waals surface area contributed by atoms with Gasteiger partial charge in [-0.05, 0) is 55.2 Å². The molecular formula is C18H18ClNO2. The third-order valence-corrected chi connectivity index (χ3v) is 4.35. The highest BCUT2D eigenvalue weighted by molar-refractivity contribution is 6.30. The molecule has 3 rings (SSSR count). The maximum atomic E-state index is 12.4. The van der Waals surface area contributed by atoms with Crippen LogP contribution in [0.15, 0.2) is 30.3 Å². The molecule has 1 N–H and O–H groups in total. The first kappa shape index (κ1) is 14.9. The normalized spacial score (nSPS) is 16.4. The van der Waals surface area contributed by atoms with Gasteiger partial charge in [0.25, 0.3) is 0 Å². The fourth-order valence-corrected chi connectivity index (χ4v) is 3.32. The van der Waals surface area contributed by atoms with Crippen LogP contribution in [0.5, 0.6) is 5.75 Å². The number of hydrogen-bond acceptors (Lipinski definition) is 2. The molecule has 0 radical (unpaired) electrons. The Kier molecular flexibility index (Phi) is 3.83. The lowest BCUT2D eigenvalue weighted by Gasteiger charge is -2.13. The fraction of sp³-hybridized carbons (Fsp3) is 0.278. The zero-order chi connectivity index (χ0) is 15.9. The number of fused-ring (bicyclic) bond motifs is 1. The Hall–Kier alpha value is -2.00. The SMILES string of the molecule is COc1ccc(Cl)cc1C[C@@H]1C(=O)Nc2c(C)cc(C)cc21. The summed E-state index contributed by atoms with van der Waals surface area (Å²) in [7, 11) is 1.63. The van der Waals surface area contributed by atoms with Gasteiger partial charge in [-0.15, -0.1) is 0 Å². The average Bonchev–Trinajstić information content (AvgIpc) is 2.77. The molecule has 0 fully saturated rings. The van der Waals surface area contributed by atoms with Gasteiger partial charge in [-0.1, -0.05) is 29.3 Å². The predicted octanol–water partition coefficient (Wildman–Crippen LogP) is 4.24. The maximum absolute atomic E-state index is 12.4. The number of amides is 1. The molecule has 0 saturated heterocycles. The minimum absolute atomic E-state index is 0.0331. The zero-order valence-electron chi connectivity index (χ0n) is 12.9. The van der Waals surface area contributed by atoms with E-state index in [9.17, 15) is 4.79 Å². The number of anilines is 1. The van der Waals surface area contributed by atoms with Crippen molar-refractivity contribution in [3.8, 4) is 5.75 Å². The molecule has 3 nitrogen and oxygen atoms in total. The minimum Gasteiger partial charge on any atom is -0.496 e. The summed E-state index contributed by atoms with van der Waals surface area (Å²) in [6.07, 6.45) is 0.575. The molecule has 1 atom stereocenters. The van der Waals surface area contributed by atoms with E-state index in [-0.39, 0.29) is 11.8 Å². The second-order valence-electron chi connectivity index (χ2n) is 5.75. The Labute approximate surface area is 135 Å². The van der Waals surface area contributed by atoms with E-state index in [1.165, 1.54) is 0 Å². The molecule has 1 aliphatic rings. The molecule has 0 saturated carbocycles. The van der Waals surface area contributed by atoms with Crippen molar-refractivity contribution >= 4 is 23.2 Å². The Bertz CT molecular complexity index is 755. The van der Waals surface area contributed by atoms with Crippen molar-refractivity contribution in [1.82, 2.24) is 0 Å². The zero-order valence-corrected chi connectivity index (χ0v) is 13.6. The molecule has 1 amide bonds. The lowest BCUT2D eigenvalue weighted by Crippen LogP contribution is -2.14. The summed E-state index contributed by atoms with van der Waals surface area (Å²) in [4.78, 5) is 12.4. The summed E-state index contributed by atoms with van der Waals surface area (Å²) in [5, 5.41) is 3.65. The van der Waals surface area contributed by atoms with Crippen molar-refractivity contribution in [2.45, 2.75) is 26.2 Å². The fourth-order valence-electron chi connectivity index (χ4n) is 3.13. The number of rotatable bonds is 3. The number of aryl methyl sites for hydroxylation is 2. The van der Waals surface area contributed by atoms with Crippen molar-refractivity contribution in [2.75, 3.05) is 12.4 Å². The van der Waals surface area contributed by atoms with E-state index in [4.69, 9.17) is 16.3 Å². The van der Waals surface area contributed by atoms with Gasteiger partial charge < -0.3 is 10.1 Å². The smallest absolute Gasteiger partial charge is 0.232 e.